The van der Waals surface area contributed by atoms with Crippen molar-refractivity contribution in [1.82, 2.24) is 4.90 Å². The lowest BCUT2D eigenvalue weighted by molar-refractivity contribution is -0.139. The van der Waals surface area contributed by atoms with Gasteiger partial charge in [-0.15, -0.1) is 0 Å². The highest BCUT2D eigenvalue weighted by atomic mass is 16.5. The number of hydrogen-bond acceptors (Lipinski definition) is 5. The molecule has 186 valence electrons. The molecule has 3 aromatic carbocycles. The van der Waals surface area contributed by atoms with Crippen LogP contribution in [0.1, 0.15) is 33.9 Å². The largest absolute Gasteiger partial charge is 0.507 e. The molecule has 6 heteroatoms. The monoisotopic (exact) mass is 484 g/mol. The zero-order chi connectivity index (χ0) is 26.0. The van der Waals surface area contributed by atoms with Gasteiger partial charge in [-0.05, 0) is 72.9 Å². The number of aryl methyl sites for hydroxylation is 2. The summed E-state index contributed by atoms with van der Waals surface area (Å²) >= 11 is 0. The number of ketones is 1. The van der Waals surface area contributed by atoms with E-state index in [1.165, 1.54) is 0 Å². The summed E-state index contributed by atoms with van der Waals surface area (Å²) in [6.07, 6.45) is 0.562. The number of aliphatic hydroxyl groups excluding tert-OH is 1. The molecule has 1 aliphatic rings. The van der Waals surface area contributed by atoms with E-state index in [1.54, 1.807) is 18.1 Å². The molecule has 1 unspecified atom stereocenters. The van der Waals surface area contributed by atoms with E-state index in [2.05, 4.69) is 0 Å². The minimum absolute atomic E-state index is 0.121. The van der Waals surface area contributed by atoms with E-state index in [0.29, 0.717) is 18.5 Å². The Balaban J connectivity index is 1.76. The second-order valence-corrected chi connectivity index (χ2v) is 9.38. The molecule has 1 fully saturated rings. The summed E-state index contributed by atoms with van der Waals surface area (Å²) in [5.74, 6) is -0.656. The fourth-order valence-corrected chi connectivity index (χ4v) is 4.50. The van der Waals surface area contributed by atoms with Crippen LogP contribution in [0.15, 0.2) is 72.3 Å². The average molecular weight is 485 g/mol. The van der Waals surface area contributed by atoms with Crippen LogP contribution in [0.4, 0.5) is 5.69 Å². The van der Waals surface area contributed by atoms with E-state index in [0.717, 1.165) is 33.7 Å². The molecule has 0 aliphatic carbocycles. The number of likely N-dealkylation sites (tertiary alicyclic amines) is 1. The summed E-state index contributed by atoms with van der Waals surface area (Å²) in [4.78, 5) is 30.1. The first-order valence-corrected chi connectivity index (χ1v) is 12.0. The van der Waals surface area contributed by atoms with Gasteiger partial charge < -0.3 is 19.6 Å². The number of Topliss-reactive ketones (excluding diaryl/α,β-unsaturated/α-hetero) is 1. The second-order valence-electron chi connectivity index (χ2n) is 9.38. The SMILES string of the molecule is COc1ccc(CCN2C(=O)C(=O)/C(=C(\O)c3ccc(C)c(C)c3)C2c2ccc(N(C)C)cc2)cc1. The first-order valence-electron chi connectivity index (χ1n) is 12.0. The fraction of sp³-hybridized carbons (Fsp3) is 0.267. The predicted octanol–water partition coefficient (Wildman–Crippen LogP) is 5.04. The first kappa shape index (κ1) is 25.0. The van der Waals surface area contributed by atoms with Crippen LogP contribution in [0, 0.1) is 13.8 Å². The van der Waals surface area contributed by atoms with Crippen LogP contribution in [-0.2, 0) is 16.0 Å². The number of benzene rings is 3. The minimum Gasteiger partial charge on any atom is -0.507 e. The molecule has 4 rings (SSSR count). The van der Waals surface area contributed by atoms with Crippen molar-refractivity contribution in [3.63, 3.8) is 0 Å². The summed E-state index contributed by atoms with van der Waals surface area (Å²) in [7, 11) is 5.52. The van der Waals surface area contributed by atoms with E-state index in [-0.39, 0.29) is 11.3 Å². The van der Waals surface area contributed by atoms with E-state index >= 15 is 0 Å². The standard InChI is InChI=1S/C30H32N2O4/c1-19-6-9-23(18-20(19)2)28(33)26-27(22-10-12-24(13-11-22)31(3)4)32(30(35)29(26)34)17-16-21-7-14-25(36-5)15-8-21/h6-15,18,27,33H,16-17H2,1-5H3/b28-26-. The lowest BCUT2D eigenvalue weighted by Crippen LogP contribution is -2.31. The third-order valence-corrected chi connectivity index (χ3v) is 6.85. The molecular formula is C30H32N2O4. The highest BCUT2D eigenvalue weighted by Crippen LogP contribution is 2.40. The van der Waals surface area contributed by atoms with E-state index in [9.17, 15) is 14.7 Å². The Bertz CT molecular complexity index is 1310. The first-order chi connectivity index (χ1) is 17.2. The van der Waals surface area contributed by atoms with Crippen molar-refractivity contribution >= 4 is 23.1 Å². The molecule has 0 saturated carbocycles. The Morgan fingerprint density at radius 3 is 2.19 bits per heavy atom. The van der Waals surface area contributed by atoms with Crippen LogP contribution in [0.5, 0.6) is 5.75 Å². The summed E-state index contributed by atoms with van der Waals surface area (Å²) < 4.78 is 5.23. The highest BCUT2D eigenvalue weighted by Gasteiger charge is 2.45. The number of nitrogens with zero attached hydrogens (tertiary/aromatic N) is 2. The molecule has 6 nitrogen and oxygen atoms in total. The van der Waals surface area contributed by atoms with Gasteiger partial charge in [-0.2, -0.15) is 0 Å². The van der Waals surface area contributed by atoms with Gasteiger partial charge in [0.1, 0.15) is 11.5 Å². The molecule has 1 saturated heterocycles. The van der Waals surface area contributed by atoms with Crippen LogP contribution >= 0.6 is 0 Å². The minimum atomic E-state index is -0.680. The van der Waals surface area contributed by atoms with Gasteiger partial charge in [0.25, 0.3) is 11.7 Å². The number of ether oxygens (including phenoxy) is 1. The van der Waals surface area contributed by atoms with Crippen molar-refractivity contribution < 1.29 is 19.4 Å². The van der Waals surface area contributed by atoms with Gasteiger partial charge in [0.2, 0.25) is 0 Å². The number of carbonyl (C=O) groups is 2. The number of carbonyl (C=O) groups excluding carboxylic acids is 2. The number of amides is 1. The molecule has 0 radical (unpaired) electrons. The summed E-state index contributed by atoms with van der Waals surface area (Å²) in [6.45, 7) is 4.28. The number of rotatable bonds is 7. The second kappa shape index (κ2) is 10.3. The van der Waals surface area contributed by atoms with Crippen LogP contribution in [-0.4, -0.2) is 49.4 Å². The zero-order valence-electron chi connectivity index (χ0n) is 21.4. The Morgan fingerprint density at radius 2 is 1.61 bits per heavy atom. The molecular weight excluding hydrogens is 452 g/mol. The molecule has 0 bridgehead atoms. The third kappa shape index (κ3) is 4.85. The predicted molar refractivity (Wildman–Crippen MR) is 142 cm³/mol. The molecule has 36 heavy (non-hydrogen) atoms. The van der Waals surface area contributed by atoms with E-state index in [4.69, 9.17) is 4.74 Å². The molecule has 0 aromatic heterocycles. The smallest absolute Gasteiger partial charge is 0.295 e. The molecule has 1 heterocycles. The molecule has 1 atom stereocenters. The van der Waals surface area contributed by atoms with Gasteiger partial charge >= 0.3 is 0 Å². The number of methoxy groups -OCH3 is 1. The van der Waals surface area contributed by atoms with E-state index in [1.807, 2.05) is 93.5 Å². The van der Waals surface area contributed by atoms with Gasteiger partial charge in [0.15, 0.2) is 0 Å². The van der Waals surface area contributed by atoms with Gasteiger partial charge in [-0.25, -0.2) is 0 Å². The molecule has 1 N–H and O–H groups in total. The van der Waals surface area contributed by atoms with Gasteiger partial charge in [0.05, 0.1) is 18.7 Å². The van der Waals surface area contributed by atoms with Crippen LogP contribution < -0.4 is 9.64 Å². The van der Waals surface area contributed by atoms with Crippen molar-refractivity contribution in [3.05, 3.63) is 100 Å². The van der Waals surface area contributed by atoms with Crippen molar-refractivity contribution in [2.45, 2.75) is 26.3 Å². The fourth-order valence-electron chi connectivity index (χ4n) is 4.50. The quantitative estimate of drug-likeness (QED) is 0.289. The maximum absolute atomic E-state index is 13.3. The lowest BCUT2D eigenvalue weighted by Gasteiger charge is -2.26. The van der Waals surface area contributed by atoms with E-state index < -0.39 is 17.7 Å². The van der Waals surface area contributed by atoms with Crippen LogP contribution in [0.3, 0.4) is 0 Å². The van der Waals surface area contributed by atoms with Gasteiger partial charge in [-0.1, -0.05) is 36.4 Å². The number of anilines is 1. The van der Waals surface area contributed by atoms with Crippen LogP contribution in [0.2, 0.25) is 0 Å². The zero-order valence-corrected chi connectivity index (χ0v) is 21.4. The van der Waals surface area contributed by atoms with Crippen molar-refractivity contribution in [2.24, 2.45) is 0 Å². The molecule has 1 aliphatic heterocycles. The Labute approximate surface area is 212 Å². The highest BCUT2D eigenvalue weighted by molar-refractivity contribution is 6.46. The number of aliphatic hydroxyl groups is 1. The van der Waals surface area contributed by atoms with Crippen molar-refractivity contribution in [2.75, 3.05) is 32.6 Å². The molecule has 0 spiro atoms. The Kier molecular flexibility index (Phi) is 7.15. The van der Waals surface area contributed by atoms with Crippen LogP contribution in [0.25, 0.3) is 5.76 Å². The Morgan fingerprint density at radius 1 is 0.944 bits per heavy atom. The summed E-state index contributed by atoms with van der Waals surface area (Å²) in [6, 6.07) is 20.3. The number of hydrogen-bond donors (Lipinski definition) is 1. The van der Waals surface area contributed by atoms with Crippen molar-refractivity contribution in [1.29, 1.82) is 0 Å². The van der Waals surface area contributed by atoms with Crippen molar-refractivity contribution in [3.8, 4) is 5.75 Å². The Hall–Kier alpha value is -4.06. The molecule has 3 aromatic rings. The maximum Gasteiger partial charge on any atom is 0.295 e. The summed E-state index contributed by atoms with van der Waals surface area (Å²) in [5, 5.41) is 11.3. The average Bonchev–Trinajstić information content (AvgIpc) is 3.13. The summed E-state index contributed by atoms with van der Waals surface area (Å²) in [5.41, 5.74) is 5.54. The van der Waals surface area contributed by atoms with Gasteiger partial charge in [-0.3, -0.25) is 9.59 Å². The lowest BCUT2D eigenvalue weighted by atomic mass is 9.94. The maximum atomic E-state index is 13.3. The topological polar surface area (TPSA) is 70.1 Å². The van der Waals surface area contributed by atoms with Gasteiger partial charge in [0, 0.05) is 31.9 Å². The third-order valence-electron chi connectivity index (χ3n) is 6.85. The molecule has 1 amide bonds. The normalized spacial score (nSPS) is 16.9.